The third-order valence-electron chi connectivity index (χ3n) is 6.46. The van der Waals surface area contributed by atoms with Crippen LogP contribution in [0.4, 0.5) is 5.69 Å². The lowest BCUT2D eigenvalue weighted by Crippen LogP contribution is -2.47. The minimum Gasteiger partial charge on any atom is -0.486 e. The first kappa shape index (κ1) is 21.3. The summed E-state index contributed by atoms with van der Waals surface area (Å²) in [6.45, 7) is 6.12. The van der Waals surface area contributed by atoms with Gasteiger partial charge in [0.25, 0.3) is 0 Å². The summed E-state index contributed by atoms with van der Waals surface area (Å²) in [5.41, 5.74) is 2.34. The maximum atomic E-state index is 11.1. The number of para-hydroxylation sites is 1. The number of rotatable bonds is 7. The summed E-state index contributed by atoms with van der Waals surface area (Å²) in [6.07, 6.45) is 0.465. The maximum absolute atomic E-state index is 11.1. The van der Waals surface area contributed by atoms with Crippen molar-refractivity contribution in [2.45, 2.75) is 18.4 Å². The number of nitrogens with zero attached hydrogens (tertiary/aromatic N) is 2. The molecule has 0 saturated carbocycles. The van der Waals surface area contributed by atoms with E-state index in [0.717, 1.165) is 61.2 Å². The molecule has 168 valence electrons. The lowest BCUT2D eigenvalue weighted by atomic mass is 9.89. The maximum Gasteiger partial charge on any atom is 0.184 e. The molecule has 2 unspecified atom stereocenters. The number of hydrogen-bond acceptors (Lipinski definition) is 6. The smallest absolute Gasteiger partial charge is 0.184 e. The van der Waals surface area contributed by atoms with Crippen LogP contribution < -0.4 is 14.4 Å². The Morgan fingerprint density at radius 2 is 1.69 bits per heavy atom. The van der Waals surface area contributed by atoms with Gasteiger partial charge < -0.3 is 19.5 Å². The number of piperazine rings is 1. The van der Waals surface area contributed by atoms with Gasteiger partial charge in [-0.1, -0.05) is 42.5 Å². The Labute approximate surface area is 193 Å². The molecular formula is C26H30N2O3S. The Hall–Kier alpha value is -2.54. The third kappa shape index (κ3) is 4.63. The van der Waals surface area contributed by atoms with E-state index in [1.807, 2.05) is 35.7 Å². The average molecular weight is 451 g/mol. The van der Waals surface area contributed by atoms with Crippen LogP contribution in [0.25, 0.3) is 0 Å². The van der Waals surface area contributed by atoms with Gasteiger partial charge in [-0.15, -0.1) is 11.3 Å². The molecular weight excluding hydrogens is 420 g/mol. The standard InChI is InChI=1S/C26H30N2O3S/c29-25(24-10-5-19-32-24)21(20-6-2-1-3-7-20)11-12-27-13-15-28(16-14-27)22-8-4-9-23-26(22)31-18-17-30-23/h1-10,19,21,25,29H,11-18H2. The Bertz CT molecular complexity index is 988. The first-order valence-corrected chi connectivity index (χ1v) is 12.3. The molecule has 1 fully saturated rings. The molecule has 5 rings (SSSR count). The number of benzene rings is 2. The summed E-state index contributed by atoms with van der Waals surface area (Å²) in [7, 11) is 0. The summed E-state index contributed by atoms with van der Waals surface area (Å²) >= 11 is 1.63. The molecule has 2 aromatic carbocycles. The van der Waals surface area contributed by atoms with Crippen LogP contribution in [0.3, 0.4) is 0 Å². The molecule has 1 saturated heterocycles. The zero-order valence-corrected chi connectivity index (χ0v) is 19.0. The van der Waals surface area contributed by atoms with E-state index in [1.54, 1.807) is 11.3 Å². The van der Waals surface area contributed by atoms with Gasteiger partial charge in [0, 0.05) is 37.0 Å². The van der Waals surface area contributed by atoms with Gasteiger partial charge in [0.05, 0.1) is 11.8 Å². The SMILES string of the molecule is OC(c1cccs1)C(CCN1CCN(c2cccc3c2OCCO3)CC1)c1ccccc1. The van der Waals surface area contributed by atoms with Crippen molar-refractivity contribution in [3.63, 3.8) is 0 Å². The van der Waals surface area contributed by atoms with Crippen molar-refractivity contribution >= 4 is 17.0 Å². The summed E-state index contributed by atoms with van der Waals surface area (Å²) in [4.78, 5) is 5.96. The van der Waals surface area contributed by atoms with Crippen LogP contribution in [-0.2, 0) is 0 Å². The minimum absolute atomic E-state index is 0.0968. The van der Waals surface area contributed by atoms with Crippen LogP contribution in [0.1, 0.15) is 28.9 Å². The zero-order valence-electron chi connectivity index (χ0n) is 18.2. The second kappa shape index (κ2) is 9.94. The molecule has 0 bridgehead atoms. The normalized spacial score (nSPS) is 18.3. The Morgan fingerprint density at radius 1 is 0.875 bits per heavy atom. The molecule has 6 heteroatoms. The van der Waals surface area contributed by atoms with Gasteiger partial charge >= 0.3 is 0 Å². The molecule has 0 radical (unpaired) electrons. The summed E-state index contributed by atoms with van der Waals surface area (Å²) < 4.78 is 11.7. The van der Waals surface area contributed by atoms with Gasteiger partial charge in [-0.2, -0.15) is 0 Å². The van der Waals surface area contributed by atoms with Crippen molar-refractivity contribution in [3.05, 3.63) is 76.5 Å². The van der Waals surface area contributed by atoms with E-state index in [4.69, 9.17) is 9.47 Å². The molecule has 5 nitrogen and oxygen atoms in total. The van der Waals surface area contributed by atoms with Gasteiger partial charge in [-0.3, -0.25) is 4.90 Å². The second-order valence-corrected chi connectivity index (χ2v) is 9.38. The Morgan fingerprint density at radius 3 is 2.47 bits per heavy atom. The van der Waals surface area contributed by atoms with Crippen molar-refractivity contribution in [1.29, 1.82) is 0 Å². The van der Waals surface area contributed by atoms with Gasteiger partial charge in [0.1, 0.15) is 13.2 Å². The quantitative estimate of drug-likeness (QED) is 0.572. The predicted molar refractivity (Wildman–Crippen MR) is 129 cm³/mol. The number of fused-ring (bicyclic) bond motifs is 1. The minimum atomic E-state index is -0.466. The lowest BCUT2D eigenvalue weighted by molar-refractivity contribution is 0.133. The van der Waals surface area contributed by atoms with E-state index in [2.05, 4.69) is 40.1 Å². The molecule has 3 heterocycles. The van der Waals surface area contributed by atoms with E-state index in [9.17, 15) is 5.11 Å². The monoisotopic (exact) mass is 450 g/mol. The summed E-state index contributed by atoms with van der Waals surface area (Å²) in [5, 5.41) is 13.2. The van der Waals surface area contributed by atoms with E-state index in [-0.39, 0.29) is 5.92 Å². The highest BCUT2D eigenvalue weighted by Crippen LogP contribution is 2.40. The Balaban J connectivity index is 1.22. The molecule has 2 atom stereocenters. The second-order valence-electron chi connectivity index (χ2n) is 8.40. The fraction of sp³-hybridized carbons (Fsp3) is 0.385. The van der Waals surface area contributed by atoms with Crippen LogP contribution in [0, 0.1) is 0 Å². The zero-order chi connectivity index (χ0) is 21.8. The number of hydrogen-bond donors (Lipinski definition) is 1. The first-order chi connectivity index (χ1) is 15.8. The van der Waals surface area contributed by atoms with Crippen LogP contribution >= 0.6 is 11.3 Å². The molecule has 2 aliphatic heterocycles. The highest BCUT2D eigenvalue weighted by Gasteiger charge is 2.27. The van der Waals surface area contributed by atoms with Crippen LogP contribution in [0.15, 0.2) is 66.0 Å². The van der Waals surface area contributed by atoms with Crippen molar-refractivity contribution in [1.82, 2.24) is 4.90 Å². The van der Waals surface area contributed by atoms with Crippen molar-refractivity contribution in [3.8, 4) is 11.5 Å². The Kier molecular flexibility index (Phi) is 6.62. The number of aliphatic hydroxyl groups is 1. The van der Waals surface area contributed by atoms with Gasteiger partial charge in [0.15, 0.2) is 11.5 Å². The average Bonchev–Trinajstić information content (AvgIpc) is 3.40. The van der Waals surface area contributed by atoms with E-state index in [1.165, 1.54) is 5.56 Å². The number of ether oxygens (including phenoxy) is 2. The molecule has 2 aliphatic rings. The summed E-state index contributed by atoms with van der Waals surface area (Å²) in [6, 6.07) is 20.7. The van der Waals surface area contributed by atoms with Gasteiger partial charge in [0.2, 0.25) is 0 Å². The van der Waals surface area contributed by atoms with E-state index in [0.29, 0.717) is 13.2 Å². The largest absolute Gasteiger partial charge is 0.486 e. The molecule has 32 heavy (non-hydrogen) atoms. The van der Waals surface area contributed by atoms with E-state index >= 15 is 0 Å². The molecule has 1 N–H and O–H groups in total. The van der Waals surface area contributed by atoms with E-state index < -0.39 is 6.10 Å². The fourth-order valence-corrected chi connectivity index (χ4v) is 5.48. The van der Waals surface area contributed by atoms with Crippen molar-refractivity contribution in [2.75, 3.05) is 50.8 Å². The molecule has 0 amide bonds. The molecule has 0 spiro atoms. The summed E-state index contributed by atoms with van der Waals surface area (Å²) in [5.74, 6) is 1.83. The van der Waals surface area contributed by atoms with Crippen molar-refractivity contribution in [2.24, 2.45) is 0 Å². The number of anilines is 1. The predicted octanol–water partition coefficient (Wildman–Crippen LogP) is 4.55. The molecule has 3 aromatic rings. The van der Waals surface area contributed by atoms with Crippen LogP contribution in [0.5, 0.6) is 11.5 Å². The first-order valence-electron chi connectivity index (χ1n) is 11.4. The third-order valence-corrected chi connectivity index (χ3v) is 7.40. The topological polar surface area (TPSA) is 45.2 Å². The highest BCUT2D eigenvalue weighted by molar-refractivity contribution is 7.10. The highest BCUT2D eigenvalue weighted by atomic mass is 32.1. The number of aliphatic hydroxyl groups excluding tert-OH is 1. The van der Waals surface area contributed by atoms with Crippen molar-refractivity contribution < 1.29 is 14.6 Å². The van der Waals surface area contributed by atoms with Crippen LogP contribution in [-0.4, -0.2) is 55.9 Å². The van der Waals surface area contributed by atoms with Crippen LogP contribution in [0.2, 0.25) is 0 Å². The number of thiophene rings is 1. The lowest BCUT2D eigenvalue weighted by Gasteiger charge is -2.38. The van der Waals surface area contributed by atoms with Gasteiger partial charge in [-0.05, 0) is 42.1 Å². The molecule has 1 aromatic heterocycles. The fourth-order valence-electron chi connectivity index (χ4n) is 4.71. The van der Waals surface area contributed by atoms with Gasteiger partial charge in [-0.25, -0.2) is 0 Å². The molecule has 0 aliphatic carbocycles.